The molecule has 0 spiro atoms. The van der Waals surface area contributed by atoms with E-state index in [0.29, 0.717) is 0 Å². The fraction of sp³-hybridized carbons (Fsp3) is 0.625. The first-order valence-electron chi connectivity index (χ1n) is 4.04. The average molecular weight is 187 g/mol. The lowest BCUT2D eigenvalue weighted by atomic mass is 10.2. The minimum atomic E-state index is -1.27. The smallest absolute Gasteiger partial charge is 0.381 e. The highest BCUT2D eigenvalue weighted by Crippen LogP contribution is 2.01. The van der Waals surface area contributed by atoms with Gasteiger partial charge in [0.15, 0.2) is 0 Å². The molecule has 5 nitrogen and oxygen atoms in total. The molecule has 0 saturated carbocycles. The first-order chi connectivity index (χ1) is 6.13. The summed E-state index contributed by atoms with van der Waals surface area (Å²) < 4.78 is 4.55. The highest BCUT2D eigenvalue weighted by Gasteiger charge is 2.29. The second kappa shape index (κ2) is 6.16. The number of ether oxygens (including phenoxy) is 1. The van der Waals surface area contributed by atoms with Crippen LogP contribution < -0.4 is 0 Å². The number of allylic oxidation sites excluding steroid dienone is 1. The SMILES string of the molecule is C/C=C/CC(C(=O)OCC)[N+](=O)[O-]. The molecule has 0 heterocycles. The molecule has 1 unspecified atom stereocenters. The first-order valence-corrected chi connectivity index (χ1v) is 4.04. The zero-order valence-corrected chi connectivity index (χ0v) is 7.73. The van der Waals surface area contributed by atoms with Gasteiger partial charge in [-0.2, -0.15) is 0 Å². The molecule has 0 rings (SSSR count). The van der Waals surface area contributed by atoms with Gasteiger partial charge in [-0.1, -0.05) is 12.2 Å². The number of rotatable bonds is 5. The Balaban J connectivity index is 4.23. The quantitative estimate of drug-likeness (QED) is 0.280. The third kappa shape index (κ3) is 4.25. The number of hydrogen-bond donors (Lipinski definition) is 0. The van der Waals surface area contributed by atoms with E-state index in [2.05, 4.69) is 4.74 Å². The van der Waals surface area contributed by atoms with E-state index in [0.717, 1.165) is 0 Å². The predicted molar refractivity (Wildman–Crippen MR) is 46.8 cm³/mol. The van der Waals surface area contributed by atoms with E-state index in [-0.39, 0.29) is 13.0 Å². The largest absolute Gasteiger partial charge is 0.461 e. The lowest BCUT2D eigenvalue weighted by molar-refractivity contribution is -0.509. The Kier molecular flexibility index (Phi) is 5.50. The first kappa shape index (κ1) is 11.6. The predicted octanol–water partition coefficient (Wildman–Crippen LogP) is 1.16. The van der Waals surface area contributed by atoms with Crippen molar-refractivity contribution in [2.45, 2.75) is 26.3 Å². The molecule has 0 aliphatic heterocycles. The van der Waals surface area contributed by atoms with Gasteiger partial charge in [0.2, 0.25) is 0 Å². The van der Waals surface area contributed by atoms with Gasteiger partial charge in [-0.3, -0.25) is 10.1 Å². The summed E-state index contributed by atoms with van der Waals surface area (Å²) in [4.78, 5) is 20.8. The van der Waals surface area contributed by atoms with Gasteiger partial charge >= 0.3 is 12.0 Å². The van der Waals surface area contributed by atoms with Crippen molar-refractivity contribution in [1.82, 2.24) is 0 Å². The van der Waals surface area contributed by atoms with Gasteiger partial charge in [0.05, 0.1) is 6.61 Å². The second-order valence-electron chi connectivity index (χ2n) is 2.36. The summed E-state index contributed by atoms with van der Waals surface area (Å²) in [6, 6.07) is -1.27. The molecule has 13 heavy (non-hydrogen) atoms. The minimum absolute atomic E-state index is 0.0856. The Morgan fingerprint density at radius 1 is 1.69 bits per heavy atom. The molecule has 0 aliphatic rings. The summed E-state index contributed by atoms with van der Waals surface area (Å²) in [5, 5.41) is 10.4. The molecule has 0 radical (unpaired) electrons. The lowest BCUT2D eigenvalue weighted by Crippen LogP contribution is -2.30. The maximum Gasteiger partial charge on any atom is 0.381 e. The average Bonchev–Trinajstić information content (AvgIpc) is 2.05. The van der Waals surface area contributed by atoms with Crippen molar-refractivity contribution in [1.29, 1.82) is 0 Å². The molecular formula is C8H13NO4. The number of carbonyl (C=O) groups is 1. The van der Waals surface area contributed by atoms with Crippen LogP contribution in [0, 0.1) is 10.1 Å². The molecule has 5 heteroatoms. The van der Waals surface area contributed by atoms with Crippen LogP contribution in [0.4, 0.5) is 0 Å². The summed E-state index contributed by atoms with van der Waals surface area (Å²) >= 11 is 0. The minimum Gasteiger partial charge on any atom is -0.461 e. The van der Waals surface area contributed by atoms with Crippen LogP contribution in [-0.4, -0.2) is 23.5 Å². The molecule has 0 aromatic heterocycles. The number of nitrogens with zero attached hydrogens (tertiary/aromatic N) is 1. The topological polar surface area (TPSA) is 69.4 Å². The lowest BCUT2D eigenvalue weighted by Gasteiger charge is -2.05. The highest BCUT2D eigenvalue weighted by molar-refractivity contribution is 5.74. The van der Waals surface area contributed by atoms with Gasteiger partial charge < -0.3 is 4.74 Å². The van der Waals surface area contributed by atoms with Crippen molar-refractivity contribution in [3.63, 3.8) is 0 Å². The third-order valence-electron chi connectivity index (χ3n) is 1.41. The third-order valence-corrected chi connectivity index (χ3v) is 1.41. The molecule has 0 fully saturated rings. The van der Waals surface area contributed by atoms with Crippen LogP contribution in [0.25, 0.3) is 0 Å². The summed E-state index contributed by atoms with van der Waals surface area (Å²) in [6.45, 7) is 3.52. The van der Waals surface area contributed by atoms with Gasteiger partial charge in [-0.05, 0) is 13.8 Å². The fourth-order valence-electron chi connectivity index (χ4n) is 0.772. The summed E-state index contributed by atoms with van der Waals surface area (Å²) in [7, 11) is 0. The molecule has 0 aromatic rings. The number of carbonyl (C=O) groups excluding carboxylic acids is 1. The molecule has 0 N–H and O–H groups in total. The molecule has 0 aliphatic carbocycles. The maximum atomic E-state index is 11.0. The number of hydrogen-bond acceptors (Lipinski definition) is 4. The van der Waals surface area contributed by atoms with E-state index in [9.17, 15) is 14.9 Å². The Labute approximate surface area is 76.5 Å². The van der Waals surface area contributed by atoms with Crippen LogP contribution in [0.15, 0.2) is 12.2 Å². The fourth-order valence-corrected chi connectivity index (χ4v) is 0.772. The summed E-state index contributed by atoms with van der Waals surface area (Å²) in [6.07, 6.45) is 3.32. The van der Waals surface area contributed by atoms with Gasteiger partial charge in [0, 0.05) is 11.3 Å². The Morgan fingerprint density at radius 2 is 2.31 bits per heavy atom. The highest BCUT2D eigenvalue weighted by atomic mass is 16.6. The normalized spacial score (nSPS) is 12.8. The maximum absolute atomic E-state index is 11.0. The van der Waals surface area contributed by atoms with Crippen molar-refractivity contribution < 1.29 is 14.5 Å². The van der Waals surface area contributed by atoms with E-state index < -0.39 is 16.9 Å². The Morgan fingerprint density at radius 3 is 2.69 bits per heavy atom. The van der Waals surface area contributed by atoms with Gasteiger partial charge in [0.1, 0.15) is 0 Å². The molecule has 74 valence electrons. The molecule has 0 saturated heterocycles. The number of esters is 1. The van der Waals surface area contributed by atoms with E-state index in [4.69, 9.17) is 0 Å². The van der Waals surface area contributed by atoms with Crippen LogP contribution in [0.2, 0.25) is 0 Å². The van der Waals surface area contributed by atoms with Crippen LogP contribution in [0.5, 0.6) is 0 Å². The summed E-state index contributed by atoms with van der Waals surface area (Å²) in [5.74, 6) is -0.773. The zero-order valence-electron chi connectivity index (χ0n) is 7.73. The molecule has 1 atom stereocenters. The Bertz CT molecular complexity index is 212. The van der Waals surface area contributed by atoms with E-state index in [1.54, 1.807) is 26.0 Å². The molecule has 0 aromatic carbocycles. The number of nitro groups is 1. The van der Waals surface area contributed by atoms with Crippen LogP contribution in [0.1, 0.15) is 20.3 Å². The van der Waals surface area contributed by atoms with Crippen molar-refractivity contribution in [2.24, 2.45) is 0 Å². The van der Waals surface area contributed by atoms with Crippen molar-refractivity contribution >= 4 is 5.97 Å². The van der Waals surface area contributed by atoms with Crippen molar-refractivity contribution in [3.8, 4) is 0 Å². The molecule has 0 amide bonds. The van der Waals surface area contributed by atoms with Gasteiger partial charge in [-0.25, -0.2) is 4.79 Å². The van der Waals surface area contributed by atoms with E-state index in [1.165, 1.54) is 0 Å². The Hall–Kier alpha value is -1.39. The molecule has 0 bridgehead atoms. The summed E-state index contributed by atoms with van der Waals surface area (Å²) in [5.41, 5.74) is 0. The second-order valence-corrected chi connectivity index (χ2v) is 2.36. The van der Waals surface area contributed by atoms with E-state index in [1.807, 2.05) is 0 Å². The van der Waals surface area contributed by atoms with Gasteiger partial charge in [-0.15, -0.1) is 0 Å². The van der Waals surface area contributed by atoms with Gasteiger partial charge in [0.25, 0.3) is 0 Å². The van der Waals surface area contributed by atoms with Crippen LogP contribution >= 0.6 is 0 Å². The standard InChI is InChI=1S/C8H13NO4/c1-3-5-6-7(9(11)12)8(10)13-4-2/h3,5,7H,4,6H2,1-2H3/b5-3+. The van der Waals surface area contributed by atoms with Crippen molar-refractivity contribution in [3.05, 3.63) is 22.3 Å². The van der Waals surface area contributed by atoms with Crippen molar-refractivity contribution in [2.75, 3.05) is 6.61 Å². The molecular weight excluding hydrogens is 174 g/mol. The van der Waals surface area contributed by atoms with E-state index >= 15 is 0 Å². The van der Waals surface area contributed by atoms with Crippen LogP contribution in [-0.2, 0) is 9.53 Å². The monoisotopic (exact) mass is 187 g/mol. The zero-order chi connectivity index (χ0) is 10.3. The van der Waals surface area contributed by atoms with Crippen LogP contribution in [0.3, 0.4) is 0 Å².